The molecule has 0 amide bonds. The average Bonchev–Trinajstić information content (AvgIpc) is 2.78. The van der Waals surface area contributed by atoms with Crippen LogP contribution in [0.3, 0.4) is 0 Å². The van der Waals surface area contributed by atoms with Crippen molar-refractivity contribution in [3.8, 4) is 0 Å². The number of esters is 1. The van der Waals surface area contributed by atoms with E-state index < -0.39 is 5.79 Å². The van der Waals surface area contributed by atoms with Gasteiger partial charge in [-0.15, -0.1) is 0 Å². The number of carbonyl (C=O) groups is 1. The molecule has 0 atom stereocenters. The number of rotatable bonds is 2. The maximum Gasteiger partial charge on any atom is 0.311 e. The summed E-state index contributed by atoms with van der Waals surface area (Å²) in [5.74, 6) is -0.477. The SMILES string of the molecule is CCC1(C(=O)OC)CCC2(CC1)OCCO2. The second-order valence-corrected chi connectivity index (χ2v) is 4.73. The highest BCUT2D eigenvalue weighted by atomic mass is 16.7. The van der Waals surface area contributed by atoms with Crippen molar-refractivity contribution in [3.05, 3.63) is 0 Å². The van der Waals surface area contributed by atoms with Gasteiger partial charge in [-0.05, 0) is 19.3 Å². The third-order valence-corrected chi connectivity index (χ3v) is 4.08. The third-order valence-electron chi connectivity index (χ3n) is 4.08. The Labute approximate surface area is 96.2 Å². The molecule has 0 N–H and O–H groups in total. The van der Waals surface area contributed by atoms with E-state index in [1.807, 2.05) is 6.92 Å². The lowest BCUT2D eigenvalue weighted by Crippen LogP contribution is -2.43. The van der Waals surface area contributed by atoms with Gasteiger partial charge in [0.25, 0.3) is 0 Å². The van der Waals surface area contributed by atoms with Crippen LogP contribution in [-0.4, -0.2) is 32.1 Å². The van der Waals surface area contributed by atoms with Crippen molar-refractivity contribution in [1.29, 1.82) is 0 Å². The van der Waals surface area contributed by atoms with Gasteiger partial charge in [0.2, 0.25) is 0 Å². The Balaban J connectivity index is 2.03. The maximum atomic E-state index is 11.8. The molecule has 2 rings (SSSR count). The summed E-state index contributed by atoms with van der Waals surface area (Å²) in [4.78, 5) is 11.8. The van der Waals surface area contributed by atoms with E-state index in [9.17, 15) is 4.79 Å². The largest absolute Gasteiger partial charge is 0.469 e. The van der Waals surface area contributed by atoms with Crippen LogP contribution in [0.25, 0.3) is 0 Å². The van der Waals surface area contributed by atoms with Gasteiger partial charge in [-0.2, -0.15) is 0 Å². The number of methoxy groups -OCH3 is 1. The van der Waals surface area contributed by atoms with Crippen molar-refractivity contribution in [2.45, 2.75) is 44.8 Å². The molecule has 16 heavy (non-hydrogen) atoms. The van der Waals surface area contributed by atoms with Gasteiger partial charge < -0.3 is 14.2 Å². The fourth-order valence-corrected chi connectivity index (χ4v) is 2.81. The minimum absolute atomic E-state index is 0.0807. The van der Waals surface area contributed by atoms with E-state index in [-0.39, 0.29) is 11.4 Å². The van der Waals surface area contributed by atoms with Crippen molar-refractivity contribution >= 4 is 5.97 Å². The Morgan fingerprint density at radius 1 is 1.19 bits per heavy atom. The number of carbonyl (C=O) groups excluding carboxylic acids is 1. The molecule has 1 aliphatic carbocycles. The van der Waals surface area contributed by atoms with Crippen LogP contribution in [-0.2, 0) is 19.0 Å². The first-order chi connectivity index (χ1) is 7.66. The second-order valence-electron chi connectivity index (χ2n) is 4.73. The van der Waals surface area contributed by atoms with Gasteiger partial charge in [-0.25, -0.2) is 0 Å². The molecule has 0 unspecified atom stereocenters. The van der Waals surface area contributed by atoms with Crippen molar-refractivity contribution in [3.63, 3.8) is 0 Å². The van der Waals surface area contributed by atoms with E-state index in [1.165, 1.54) is 7.11 Å². The third kappa shape index (κ3) is 1.84. The normalized spacial score (nSPS) is 26.9. The monoisotopic (exact) mass is 228 g/mol. The smallest absolute Gasteiger partial charge is 0.311 e. The zero-order chi connectivity index (χ0) is 11.6. The van der Waals surface area contributed by atoms with Crippen LogP contribution >= 0.6 is 0 Å². The quantitative estimate of drug-likeness (QED) is 0.677. The average molecular weight is 228 g/mol. The first-order valence-corrected chi connectivity index (χ1v) is 6.03. The van der Waals surface area contributed by atoms with Crippen LogP contribution in [0.4, 0.5) is 0 Å². The van der Waals surface area contributed by atoms with Gasteiger partial charge in [0, 0.05) is 12.8 Å². The zero-order valence-corrected chi connectivity index (χ0v) is 10.1. The van der Waals surface area contributed by atoms with Crippen molar-refractivity contribution < 1.29 is 19.0 Å². The molecule has 0 aromatic rings. The topological polar surface area (TPSA) is 44.8 Å². The molecule has 4 nitrogen and oxygen atoms in total. The predicted molar refractivity (Wildman–Crippen MR) is 57.8 cm³/mol. The molecule has 2 fully saturated rings. The van der Waals surface area contributed by atoms with Crippen LogP contribution in [0.5, 0.6) is 0 Å². The molecule has 0 aromatic carbocycles. The van der Waals surface area contributed by atoms with Gasteiger partial charge in [0.05, 0.1) is 25.7 Å². The van der Waals surface area contributed by atoms with Crippen LogP contribution in [0.15, 0.2) is 0 Å². The summed E-state index contributed by atoms with van der Waals surface area (Å²) in [6.45, 7) is 3.40. The molecule has 1 saturated heterocycles. The van der Waals surface area contributed by atoms with Crippen LogP contribution < -0.4 is 0 Å². The van der Waals surface area contributed by atoms with Crippen LogP contribution in [0, 0.1) is 5.41 Å². The molecule has 1 saturated carbocycles. The van der Waals surface area contributed by atoms with E-state index in [1.54, 1.807) is 0 Å². The van der Waals surface area contributed by atoms with Crippen molar-refractivity contribution in [2.75, 3.05) is 20.3 Å². The van der Waals surface area contributed by atoms with Crippen molar-refractivity contribution in [2.24, 2.45) is 5.41 Å². The van der Waals surface area contributed by atoms with E-state index >= 15 is 0 Å². The summed E-state index contributed by atoms with van der Waals surface area (Å²) in [5.41, 5.74) is -0.310. The number of hydrogen-bond donors (Lipinski definition) is 0. The first kappa shape index (κ1) is 11.9. The number of hydrogen-bond acceptors (Lipinski definition) is 4. The maximum absolute atomic E-state index is 11.8. The molecule has 2 aliphatic rings. The van der Waals surface area contributed by atoms with Gasteiger partial charge in [0.1, 0.15) is 0 Å². The van der Waals surface area contributed by atoms with E-state index in [0.717, 1.165) is 32.1 Å². The molecule has 1 aliphatic heterocycles. The highest BCUT2D eigenvalue weighted by Gasteiger charge is 2.49. The summed E-state index contributed by atoms with van der Waals surface area (Å²) in [6.07, 6.45) is 4.04. The van der Waals surface area contributed by atoms with Crippen LogP contribution in [0.1, 0.15) is 39.0 Å². The van der Waals surface area contributed by atoms with Crippen molar-refractivity contribution in [1.82, 2.24) is 0 Å². The lowest BCUT2D eigenvalue weighted by molar-refractivity contribution is -0.198. The molecular formula is C12H20O4. The molecular weight excluding hydrogens is 208 g/mol. The lowest BCUT2D eigenvalue weighted by Gasteiger charge is -2.41. The Bertz CT molecular complexity index is 258. The Morgan fingerprint density at radius 3 is 2.19 bits per heavy atom. The second kappa shape index (κ2) is 4.34. The molecule has 1 spiro atoms. The summed E-state index contributed by atoms with van der Waals surface area (Å²) in [6, 6.07) is 0. The highest BCUT2D eigenvalue weighted by molar-refractivity contribution is 5.76. The summed E-state index contributed by atoms with van der Waals surface area (Å²) >= 11 is 0. The van der Waals surface area contributed by atoms with Gasteiger partial charge in [0.15, 0.2) is 5.79 Å². The van der Waals surface area contributed by atoms with Gasteiger partial charge >= 0.3 is 5.97 Å². The highest BCUT2D eigenvalue weighted by Crippen LogP contribution is 2.47. The minimum atomic E-state index is -0.396. The molecule has 92 valence electrons. The molecule has 0 radical (unpaired) electrons. The first-order valence-electron chi connectivity index (χ1n) is 6.03. The molecule has 1 heterocycles. The fourth-order valence-electron chi connectivity index (χ4n) is 2.81. The fraction of sp³-hybridized carbons (Fsp3) is 0.917. The Kier molecular flexibility index (Phi) is 3.22. The van der Waals surface area contributed by atoms with Crippen LogP contribution in [0.2, 0.25) is 0 Å². The molecule has 0 bridgehead atoms. The molecule has 4 heteroatoms. The van der Waals surface area contributed by atoms with E-state index in [4.69, 9.17) is 14.2 Å². The predicted octanol–water partition coefficient (Wildman–Crippen LogP) is 1.87. The molecule has 0 aromatic heterocycles. The summed E-state index contributed by atoms with van der Waals surface area (Å²) < 4.78 is 16.2. The number of ether oxygens (including phenoxy) is 3. The summed E-state index contributed by atoms with van der Waals surface area (Å²) in [7, 11) is 1.46. The standard InChI is InChI=1S/C12H20O4/c1-3-11(10(13)14-2)4-6-12(7-5-11)15-8-9-16-12/h3-9H2,1-2H3. The van der Waals surface area contributed by atoms with E-state index in [0.29, 0.717) is 13.2 Å². The minimum Gasteiger partial charge on any atom is -0.469 e. The van der Waals surface area contributed by atoms with Gasteiger partial charge in [-0.3, -0.25) is 4.79 Å². The Morgan fingerprint density at radius 2 is 1.75 bits per heavy atom. The summed E-state index contributed by atoms with van der Waals surface area (Å²) in [5, 5.41) is 0. The Hall–Kier alpha value is -0.610. The van der Waals surface area contributed by atoms with Gasteiger partial charge in [-0.1, -0.05) is 6.92 Å². The zero-order valence-electron chi connectivity index (χ0n) is 10.1. The lowest BCUT2D eigenvalue weighted by atomic mass is 9.70. The van der Waals surface area contributed by atoms with E-state index in [2.05, 4.69) is 0 Å².